The number of halogens is 1. The van der Waals surface area contributed by atoms with Crippen molar-refractivity contribution in [1.82, 2.24) is 10.4 Å². The summed E-state index contributed by atoms with van der Waals surface area (Å²) in [6.07, 6.45) is 9.77. The molecule has 0 aliphatic carbocycles. The number of hydrazine groups is 1. The molecule has 2 atom stereocenters. The highest BCUT2D eigenvalue weighted by Crippen LogP contribution is 2.23. The minimum Gasteiger partial charge on any atom is -0.378 e. The van der Waals surface area contributed by atoms with Crippen molar-refractivity contribution in [2.45, 2.75) is 44.2 Å². The molecular weight excluding hydrogens is 294 g/mol. The van der Waals surface area contributed by atoms with Crippen LogP contribution in [-0.4, -0.2) is 17.7 Å². The van der Waals surface area contributed by atoms with E-state index >= 15 is 0 Å². The van der Waals surface area contributed by atoms with Crippen molar-refractivity contribution >= 4 is 15.9 Å². The van der Waals surface area contributed by atoms with E-state index < -0.39 is 0 Å². The minimum atomic E-state index is 0.163. The minimum absolute atomic E-state index is 0.163. The van der Waals surface area contributed by atoms with Crippen LogP contribution in [0.2, 0.25) is 0 Å². The maximum atomic E-state index is 5.62. The van der Waals surface area contributed by atoms with Gasteiger partial charge in [0.15, 0.2) is 0 Å². The Kier molecular flexibility index (Phi) is 5.56. The molecule has 0 spiro atoms. The number of nitrogens with two attached hydrogens (primary N) is 1. The molecule has 2 rings (SSSR count). The van der Waals surface area contributed by atoms with Crippen molar-refractivity contribution in [3.8, 4) is 0 Å². The van der Waals surface area contributed by atoms with Crippen LogP contribution in [-0.2, 0) is 4.74 Å². The molecule has 2 heterocycles. The van der Waals surface area contributed by atoms with E-state index in [0.29, 0.717) is 6.10 Å². The fraction of sp³-hybridized carbons (Fsp3) is 0.615. The third-order valence-corrected chi connectivity index (χ3v) is 3.81. The Balaban J connectivity index is 1.81. The fourth-order valence-electron chi connectivity index (χ4n) is 2.39. The van der Waals surface area contributed by atoms with Crippen LogP contribution in [0.4, 0.5) is 0 Å². The lowest BCUT2D eigenvalue weighted by Gasteiger charge is -2.17. The van der Waals surface area contributed by atoms with Crippen LogP contribution in [0.15, 0.2) is 22.9 Å². The molecule has 0 bridgehead atoms. The Hall–Kier alpha value is -0.490. The van der Waals surface area contributed by atoms with Crippen molar-refractivity contribution in [1.29, 1.82) is 0 Å². The number of hydrogen-bond donors (Lipinski definition) is 2. The SMILES string of the molecule is NNC(CCCC1CCCO1)c1cncc(Br)c1. The number of nitrogens with zero attached hydrogens (tertiary/aromatic N) is 1. The normalized spacial score (nSPS) is 21.1. The van der Waals surface area contributed by atoms with Gasteiger partial charge in [0.2, 0.25) is 0 Å². The summed E-state index contributed by atoms with van der Waals surface area (Å²) in [5.74, 6) is 5.62. The molecule has 2 unspecified atom stereocenters. The van der Waals surface area contributed by atoms with Crippen molar-refractivity contribution in [3.05, 3.63) is 28.5 Å². The van der Waals surface area contributed by atoms with Crippen LogP contribution in [0.1, 0.15) is 43.7 Å². The van der Waals surface area contributed by atoms with E-state index in [9.17, 15) is 0 Å². The molecular formula is C13H20BrN3O. The van der Waals surface area contributed by atoms with Crippen LogP contribution in [0.3, 0.4) is 0 Å². The van der Waals surface area contributed by atoms with Crippen LogP contribution in [0.5, 0.6) is 0 Å². The topological polar surface area (TPSA) is 60.2 Å². The van der Waals surface area contributed by atoms with Crippen LogP contribution < -0.4 is 11.3 Å². The highest BCUT2D eigenvalue weighted by molar-refractivity contribution is 9.10. The van der Waals surface area contributed by atoms with Crippen LogP contribution >= 0.6 is 15.9 Å². The number of nitrogens with one attached hydrogen (secondary N) is 1. The molecule has 1 fully saturated rings. The maximum Gasteiger partial charge on any atom is 0.0576 e. The lowest BCUT2D eigenvalue weighted by molar-refractivity contribution is 0.101. The van der Waals surface area contributed by atoms with Crippen LogP contribution in [0.25, 0.3) is 0 Å². The average Bonchev–Trinajstić information content (AvgIpc) is 2.88. The quantitative estimate of drug-likeness (QED) is 0.626. The van der Waals surface area contributed by atoms with Gasteiger partial charge in [0.05, 0.1) is 6.10 Å². The van der Waals surface area contributed by atoms with E-state index in [1.54, 1.807) is 6.20 Å². The first-order chi connectivity index (χ1) is 8.79. The first-order valence-electron chi connectivity index (χ1n) is 6.48. The number of pyridine rings is 1. The molecule has 1 aromatic rings. The van der Waals surface area contributed by atoms with Crippen molar-refractivity contribution in [2.24, 2.45) is 5.84 Å². The molecule has 0 amide bonds. The Labute approximate surface area is 116 Å². The van der Waals surface area contributed by atoms with Gasteiger partial charge in [-0.05, 0) is 59.7 Å². The summed E-state index contributed by atoms with van der Waals surface area (Å²) in [5, 5.41) is 0. The second kappa shape index (κ2) is 7.19. The third-order valence-electron chi connectivity index (χ3n) is 3.37. The van der Waals surface area contributed by atoms with E-state index in [4.69, 9.17) is 10.6 Å². The Morgan fingerprint density at radius 2 is 2.44 bits per heavy atom. The second-order valence-corrected chi connectivity index (χ2v) is 5.64. The smallest absolute Gasteiger partial charge is 0.0576 e. The standard InChI is InChI=1S/C13H20BrN3O/c14-11-7-10(8-16-9-11)13(17-15)5-1-3-12-4-2-6-18-12/h7-9,12-13,17H,1-6,15H2. The number of ether oxygens (including phenoxy) is 1. The fourth-order valence-corrected chi connectivity index (χ4v) is 2.77. The Morgan fingerprint density at radius 1 is 1.56 bits per heavy atom. The lowest BCUT2D eigenvalue weighted by Crippen LogP contribution is -2.28. The molecule has 5 heteroatoms. The van der Waals surface area contributed by atoms with Crippen molar-refractivity contribution in [3.63, 3.8) is 0 Å². The lowest BCUT2D eigenvalue weighted by atomic mass is 10.0. The van der Waals surface area contributed by atoms with Gasteiger partial charge in [0.25, 0.3) is 0 Å². The number of rotatable bonds is 6. The summed E-state index contributed by atoms with van der Waals surface area (Å²) < 4.78 is 6.61. The predicted molar refractivity (Wildman–Crippen MR) is 74.8 cm³/mol. The predicted octanol–water partition coefficient (Wildman–Crippen LogP) is 2.70. The molecule has 1 aliphatic heterocycles. The molecule has 100 valence electrons. The van der Waals surface area contributed by atoms with Crippen LogP contribution in [0, 0.1) is 0 Å². The molecule has 1 aromatic heterocycles. The molecule has 0 aromatic carbocycles. The maximum absolute atomic E-state index is 5.62. The summed E-state index contributed by atoms with van der Waals surface area (Å²) >= 11 is 3.43. The monoisotopic (exact) mass is 313 g/mol. The van der Waals surface area contributed by atoms with E-state index in [1.807, 2.05) is 6.20 Å². The largest absolute Gasteiger partial charge is 0.378 e. The van der Waals surface area contributed by atoms with Gasteiger partial charge in [-0.3, -0.25) is 16.3 Å². The first kappa shape index (κ1) is 13.9. The second-order valence-electron chi connectivity index (χ2n) is 4.72. The third kappa shape index (κ3) is 4.02. The highest BCUT2D eigenvalue weighted by Gasteiger charge is 2.16. The van der Waals surface area contributed by atoms with E-state index in [1.165, 1.54) is 12.8 Å². The molecule has 18 heavy (non-hydrogen) atoms. The Morgan fingerprint density at radius 3 is 3.11 bits per heavy atom. The number of hydrogen-bond acceptors (Lipinski definition) is 4. The van der Waals surface area contributed by atoms with Crippen molar-refractivity contribution < 1.29 is 4.74 Å². The van der Waals surface area contributed by atoms with Gasteiger partial charge in [-0.2, -0.15) is 0 Å². The summed E-state index contributed by atoms with van der Waals surface area (Å²) in [7, 11) is 0. The van der Waals surface area contributed by atoms with Gasteiger partial charge in [0.1, 0.15) is 0 Å². The summed E-state index contributed by atoms with van der Waals surface area (Å²) in [4.78, 5) is 4.17. The molecule has 4 nitrogen and oxygen atoms in total. The summed E-state index contributed by atoms with van der Waals surface area (Å²) in [6.45, 7) is 0.929. The molecule has 0 saturated carbocycles. The van der Waals surface area contributed by atoms with Crippen molar-refractivity contribution in [2.75, 3.05) is 6.61 Å². The average molecular weight is 314 g/mol. The molecule has 1 aliphatic rings. The highest BCUT2D eigenvalue weighted by atomic mass is 79.9. The van der Waals surface area contributed by atoms with Gasteiger partial charge in [-0.25, -0.2) is 0 Å². The van der Waals surface area contributed by atoms with Gasteiger partial charge < -0.3 is 4.74 Å². The van der Waals surface area contributed by atoms with E-state index in [-0.39, 0.29) is 6.04 Å². The van der Waals surface area contributed by atoms with Gasteiger partial charge in [0, 0.05) is 29.5 Å². The van der Waals surface area contributed by atoms with E-state index in [0.717, 1.165) is 35.9 Å². The molecule has 3 N–H and O–H groups in total. The first-order valence-corrected chi connectivity index (χ1v) is 7.27. The molecule has 0 radical (unpaired) electrons. The summed E-state index contributed by atoms with van der Waals surface area (Å²) in [6, 6.07) is 2.22. The van der Waals surface area contributed by atoms with E-state index in [2.05, 4.69) is 32.4 Å². The van der Waals surface area contributed by atoms with Gasteiger partial charge in [-0.1, -0.05) is 0 Å². The van der Waals surface area contributed by atoms with Gasteiger partial charge >= 0.3 is 0 Å². The zero-order valence-corrected chi connectivity index (χ0v) is 12.0. The Bertz CT molecular complexity index is 369. The summed E-state index contributed by atoms with van der Waals surface area (Å²) in [5.41, 5.74) is 3.99. The number of aromatic nitrogens is 1. The van der Waals surface area contributed by atoms with Gasteiger partial charge in [-0.15, -0.1) is 0 Å². The zero-order chi connectivity index (χ0) is 12.8. The zero-order valence-electron chi connectivity index (χ0n) is 10.4. The molecule has 1 saturated heterocycles.